The molecule has 1 aliphatic heterocycles. The van der Waals surface area contributed by atoms with Crippen LogP contribution in [0.15, 0.2) is 17.0 Å². The maximum absolute atomic E-state index is 13.8. The molecule has 0 spiro atoms. The normalized spacial score (nSPS) is 20.5. The number of nitrogens with zero attached hydrogens (tertiary/aromatic N) is 1. The number of hydrogen-bond acceptors (Lipinski definition) is 3. The molecule has 172 valence electrons. The van der Waals surface area contributed by atoms with Crippen LogP contribution in [0.5, 0.6) is 0 Å². The van der Waals surface area contributed by atoms with Crippen LogP contribution in [0.25, 0.3) is 0 Å². The third kappa shape index (κ3) is 5.11. The van der Waals surface area contributed by atoms with Gasteiger partial charge in [-0.1, -0.05) is 53.7 Å². The molecule has 1 heterocycles. The van der Waals surface area contributed by atoms with Crippen molar-refractivity contribution in [2.75, 3.05) is 7.05 Å². The predicted molar refractivity (Wildman–Crippen MR) is 128 cm³/mol. The van der Waals surface area contributed by atoms with Gasteiger partial charge >= 0.3 is 0 Å². The van der Waals surface area contributed by atoms with E-state index in [0.717, 1.165) is 24.0 Å². The molecule has 1 aromatic rings. The molecule has 0 aromatic heterocycles. The molecular formula is C25H44N2O2S. The van der Waals surface area contributed by atoms with Gasteiger partial charge in [0.15, 0.2) is 0 Å². The number of hydrogen-bond donors (Lipinski definition) is 1. The molecule has 0 atom stereocenters. The van der Waals surface area contributed by atoms with E-state index < -0.39 is 10.0 Å². The third-order valence-corrected chi connectivity index (χ3v) is 8.63. The fourth-order valence-electron chi connectivity index (χ4n) is 4.93. The second-order valence-electron chi connectivity index (χ2n) is 11.4. The summed E-state index contributed by atoms with van der Waals surface area (Å²) in [6.07, 6.45) is 1.59. The topological polar surface area (TPSA) is 49.4 Å². The summed E-state index contributed by atoms with van der Waals surface area (Å²) in [5, 5.41) is 0. The lowest BCUT2D eigenvalue weighted by molar-refractivity contribution is -0.0140. The monoisotopic (exact) mass is 436 g/mol. The van der Waals surface area contributed by atoms with Crippen LogP contribution in [-0.4, -0.2) is 37.5 Å². The number of likely N-dealkylation sites (tertiary alicyclic amines) is 1. The molecule has 1 N–H and O–H groups in total. The molecule has 0 radical (unpaired) electrons. The molecule has 0 bridgehead atoms. The highest BCUT2D eigenvalue weighted by molar-refractivity contribution is 7.89. The van der Waals surface area contributed by atoms with Gasteiger partial charge in [0.25, 0.3) is 0 Å². The maximum Gasteiger partial charge on any atom is 0.241 e. The summed E-state index contributed by atoms with van der Waals surface area (Å²) >= 11 is 0. The first kappa shape index (κ1) is 25.4. The Kier molecular flexibility index (Phi) is 7.23. The lowest BCUT2D eigenvalue weighted by atomic mass is 9.78. The van der Waals surface area contributed by atoms with Crippen molar-refractivity contribution < 1.29 is 8.42 Å². The first-order chi connectivity index (χ1) is 13.5. The Labute approximate surface area is 185 Å². The second kappa shape index (κ2) is 8.55. The smallest absolute Gasteiger partial charge is 0.241 e. The van der Waals surface area contributed by atoms with Crippen molar-refractivity contribution >= 4 is 10.0 Å². The minimum absolute atomic E-state index is 0.0712. The summed E-state index contributed by atoms with van der Waals surface area (Å²) in [5.41, 5.74) is 2.94. The maximum atomic E-state index is 13.8. The highest BCUT2D eigenvalue weighted by Crippen LogP contribution is 2.39. The van der Waals surface area contributed by atoms with E-state index in [2.05, 4.69) is 98.0 Å². The average Bonchev–Trinajstić information content (AvgIpc) is 2.57. The molecule has 1 saturated heterocycles. The van der Waals surface area contributed by atoms with Crippen molar-refractivity contribution in [1.29, 1.82) is 0 Å². The molecular weight excluding hydrogens is 392 g/mol. The van der Waals surface area contributed by atoms with E-state index in [1.807, 2.05) is 0 Å². The van der Waals surface area contributed by atoms with Crippen molar-refractivity contribution in [3.8, 4) is 0 Å². The lowest BCUT2D eigenvalue weighted by Gasteiger charge is -2.53. The SMILES string of the molecule is CC(C)c1cc(C(C)C)c(S(=O)(=O)NC2CC(C)(C)N(C)C(C)(C)C2)c(C(C)C)c1. The van der Waals surface area contributed by atoms with Crippen LogP contribution in [0, 0.1) is 0 Å². The van der Waals surface area contributed by atoms with Gasteiger partial charge in [-0.2, -0.15) is 0 Å². The minimum atomic E-state index is -3.64. The van der Waals surface area contributed by atoms with E-state index in [0.29, 0.717) is 10.8 Å². The van der Waals surface area contributed by atoms with E-state index in [1.54, 1.807) is 0 Å². The Morgan fingerprint density at radius 1 is 0.867 bits per heavy atom. The Hall–Kier alpha value is -0.910. The summed E-state index contributed by atoms with van der Waals surface area (Å²) in [6, 6.07) is 4.14. The lowest BCUT2D eigenvalue weighted by Crippen LogP contribution is -2.62. The Morgan fingerprint density at radius 2 is 1.27 bits per heavy atom. The molecule has 0 amide bonds. The third-order valence-electron chi connectivity index (χ3n) is 6.98. The number of sulfonamides is 1. The summed E-state index contributed by atoms with van der Waals surface area (Å²) in [7, 11) is -1.50. The van der Waals surface area contributed by atoms with Gasteiger partial charge < -0.3 is 0 Å². The summed E-state index contributed by atoms with van der Waals surface area (Å²) < 4.78 is 30.8. The van der Waals surface area contributed by atoms with Gasteiger partial charge in [0.1, 0.15) is 0 Å². The number of rotatable bonds is 6. The van der Waals surface area contributed by atoms with Crippen LogP contribution in [0.4, 0.5) is 0 Å². The molecule has 0 aliphatic carbocycles. The number of nitrogens with one attached hydrogen (secondary N) is 1. The van der Waals surface area contributed by atoms with Crippen molar-refractivity contribution in [1.82, 2.24) is 9.62 Å². The van der Waals surface area contributed by atoms with Crippen molar-refractivity contribution in [2.45, 2.75) is 122 Å². The summed E-state index contributed by atoms with van der Waals surface area (Å²) in [5.74, 6) is 0.636. The molecule has 1 aliphatic rings. The van der Waals surface area contributed by atoms with Gasteiger partial charge in [-0.25, -0.2) is 13.1 Å². The molecule has 30 heavy (non-hydrogen) atoms. The van der Waals surface area contributed by atoms with Gasteiger partial charge in [-0.05, 0) is 82.0 Å². The minimum Gasteiger partial charge on any atom is -0.296 e. The van der Waals surface area contributed by atoms with Gasteiger partial charge in [-0.3, -0.25) is 4.90 Å². The van der Waals surface area contributed by atoms with E-state index in [-0.39, 0.29) is 29.0 Å². The van der Waals surface area contributed by atoms with Gasteiger partial charge in [0, 0.05) is 17.1 Å². The molecule has 5 heteroatoms. The average molecular weight is 437 g/mol. The first-order valence-electron chi connectivity index (χ1n) is 11.4. The Morgan fingerprint density at radius 3 is 1.60 bits per heavy atom. The van der Waals surface area contributed by atoms with Crippen LogP contribution in [0.1, 0.15) is 117 Å². The largest absolute Gasteiger partial charge is 0.296 e. The van der Waals surface area contributed by atoms with Gasteiger partial charge in [-0.15, -0.1) is 0 Å². The number of piperidine rings is 1. The zero-order valence-electron chi connectivity index (χ0n) is 21.1. The van der Waals surface area contributed by atoms with E-state index in [4.69, 9.17) is 0 Å². The molecule has 2 rings (SSSR count). The second-order valence-corrected chi connectivity index (χ2v) is 13.1. The highest BCUT2D eigenvalue weighted by Gasteiger charge is 2.44. The zero-order valence-corrected chi connectivity index (χ0v) is 21.9. The van der Waals surface area contributed by atoms with E-state index in [9.17, 15) is 8.42 Å². The van der Waals surface area contributed by atoms with Gasteiger partial charge in [0.2, 0.25) is 10.0 Å². The highest BCUT2D eigenvalue weighted by atomic mass is 32.2. The molecule has 1 aromatic carbocycles. The van der Waals surface area contributed by atoms with Crippen molar-refractivity contribution in [2.24, 2.45) is 0 Å². The fourth-order valence-corrected chi connectivity index (χ4v) is 6.87. The Balaban J connectivity index is 2.57. The molecule has 0 saturated carbocycles. The van der Waals surface area contributed by atoms with Crippen molar-refractivity contribution in [3.05, 3.63) is 28.8 Å². The fraction of sp³-hybridized carbons (Fsp3) is 0.760. The first-order valence-corrected chi connectivity index (χ1v) is 12.9. The van der Waals surface area contributed by atoms with Crippen LogP contribution < -0.4 is 4.72 Å². The van der Waals surface area contributed by atoms with Crippen LogP contribution in [-0.2, 0) is 10.0 Å². The summed E-state index contributed by atoms with van der Waals surface area (Å²) in [6.45, 7) is 21.5. The standard InChI is InChI=1S/C25H44N2O2S/c1-16(2)19-12-21(17(3)4)23(22(13-19)18(5)6)30(28,29)26-20-14-24(7,8)27(11)25(9,10)15-20/h12-13,16-18,20,26H,14-15H2,1-11H3. The zero-order chi connectivity index (χ0) is 23.2. The summed E-state index contributed by atoms with van der Waals surface area (Å²) in [4.78, 5) is 2.88. The van der Waals surface area contributed by atoms with Crippen LogP contribution in [0.3, 0.4) is 0 Å². The Bertz CT molecular complexity index is 820. The van der Waals surface area contributed by atoms with Crippen LogP contribution >= 0.6 is 0 Å². The quantitative estimate of drug-likeness (QED) is 0.596. The molecule has 0 unspecified atom stereocenters. The van der Waals surface area contributed by atoms with Crippen LogP contribution in [0.2, 0.25) is 0 Å². The number of benzene rings is 1. The molecule has 4 nitrogen and oxygen atoms in total. The molecule has 1 fully saturated rings. The van der Waals surface area contributed by atoms with E-state index in [1.165, 1.54) is 5.56 Å². The van der Waals surface area contributed by atoms with Crippen molar-refractivity contribution in [3.63, 3.8) is 0 Å². The van der Waals surface area contributed by atoms with Gasteiger partial charge in [0.05, 0.1) is 4.90 Å². The van der Waals surface area contributed by atoms with E-state index >= 15 is 0 Å². The predicted octanol–water partition coefficient (Wildman–Crippen LogP) is 5.99.